The van der Waals surface area contributed by atoms with Gasteiger partial charge in [0.2, 0.25) is 0 Å². The average Bonchev–Trinajstić information content (AvgIpc) is 2.60. The molecule has 0 fully saturated rings. The van der Waals surface area contributed by atoms with E-state index in [1.54, 1.807) is 12.1 Å². The zero-order valence-electron chi connectivity index (χ0n) is 7.27. The quantitative estimate of drug-likeness (QED) is 0.669. The molecule has 1 aromatic carbocycles. The van der Waals surface area contributed by atoms with E-state index in [1.807, 2.05) is 12.1 Å². The lowest BCUT2D eigenvalue weighted by Crippen LogP contribution is -2.09. The molecule has 1 aromatic heterocycles. The number of para-hydroxylation sites is 1. The van der Waals surface area contributed by atoms with Crippen LogP contribution in [0.1, 0.15) is 11.7 Å². The van der Waals surface area contributed by atoms with Gasteiger partial charge in [-0.3, -0.25) is 0 Å². The van der Waals surface area contributed by atoms with Crippen molar-refractivity contribution in [1.82, 2.24) is 4.98 Å². The van der Waals surface area contributed by atoms with Crippen LogP contribution >= 0.6 is 0 Å². The highest BCUT2D eigenvalue weighted by atomic mass is 16.4. The van der Waals surface area contributed by atoms with Crippen molar-refractivity contribution in [2.45, 2.75) is 6.10 Å². The first-order valence-electron chi connectivity index (χ1n) is 4.17. The molecule has 1 atom stereocenters. The molecule has 4 heteroatoms. The number of aromatic amines is 1. The number of hydrogen-bond acceptors (Lipinski definition) is 2. The molecular formula is C10H9NO3. The Morgan fingerprint density at radius 2 is 2.07 bits per heavy atom. The molecule has 14 heavy (non-hydrogen) atoms. The molecular weight excluding hydrogens is 182 g/mol. The van der Waals surface area contributed by atoms with Gasteiger partial charge in [0.1, 0.15) is 0 Å². The molecule has 0 aliphatic heterocycles. The lowest BCUT2D eigenvalue weighted by atomic mass is 10.1. The number of carboxylic acids is 1. The molecule has 0 amide bonds. The molecule has 2 rings (SSSR count). The highest BCUT2D eigenvalue weighted by molar-refractivity contribution is 5.88. The number of rotatable bonds is 2. The number of aliphatic hydroxyl groups is 1. The highest BCUT2D eigenvalue weighted by Crippen LogP contribution is 2.23. The molecule has 0 aliphatic rings. The van der Waals surface area contributed by atoms with Gasteiger partial charge in [0, 0.05) is 22.7 Å². The SMILES string of the molecule is O=C(O)[C@@H](O)c1c[nH]c2ccccc12. The summed E-state index contributed by atoms with van der Waals surface area (Å²) in [5.74, 6) is -1.24. The number of nitrogens with one attached hydrogen (secondary N) is 1. The Hall–Kier alpha value is -1.81. The van der Waals surface area contributed by atoms with Crippen molar-refractivity contribution in [3.8, 4) is 0 Å². The van der Waals surface area contributed by atoms with Crippen LogP contribution in [0.15, 0.2) is 30.5 Å². The maximum absolute atomic E-state index is 10.6. The number of H-pyrrole nitrogens is 1. The van der Waals surface area contributed by atoms with Gasteiger partial charge < -0.3 is 15.2 Å². The fourth-order valence-electron chi connectivity index (χ4n) is 1.45. The second-order valence-electron chi connectivity index (χ2n) is 3.03. The summed E-state index contributed by atoms with van der Waals surface area (Å²) >= 11 is 0. The number of carbonyl (C=O) groups is 1. The van der Waals surface area contributed by atoms with Gasteiger partial charge in [0.15, 0.2) is 6.10 Å². The first kappa shape index (κ1) is 8.77. The number of hydrogen-bond donors (Lipinski definition) is 3. The van der Waals surface area contributed by atoms with Gasteiger partial charge in [-0.2, -0.15) is 0 Å². The molecule has 0 spiro atoms. The largest absolute Gasteiger partial charge is 0.479 e. The Balaban J connectivity index is 2.58. The summed E-state index contributed by atoms with van der Waals surface area (Å²) in [5, 5.41) is 18.8. The van der Waals surface area contributed by atoms with Crippen LogP contribution in [0.2, 0.25) is 0 Å². The van der Waals surface area contributed by atoms with Crippen LogP contribution in [-0.2, 0) is 4.79 Å². The number of fused-ring (bicyclic) bond motifs is 1. The van der Waals surface area contributed by atoms with Gasteiger partial charge in [-0.15, -0.1) is 0 Å². The number of aliphatic hydroxyl groups excluding tert-OH is 1. The van der Waals surface area contributed by atoms with E-state index in [4.69, 9.17) is 5.11 Å². The molecule has 0 saturated heterocycles. The molecule has 4 nitrogen and oxygen atoms in total. The van der Waals surface area contributed by atoms with Gasteiger partial charge in [-0.05, 0) is 6.07 Å². The van der Waals surface area contributed by atoms with Gasteiger partial charge in [-0.1, -0.05) is 18.2 Å². The summed E-state index contributed by atoms with van der Waals surface area (Å²) in [4.78, 5) is 13.5. The molecule has 0 unspecified atom stereocenters. The normalized spacial score (nSPS) is 12.9. The first-order chi connectivity index (χ1) is 6.70. The van der Waals surface area contributed by atoms with Crippen LogP contribution in [0.4, 0.5) is 0 Å². The van der Waals surface area contributed by atoms with E-state index < -0.39 is 12.1 Å². The zero-order valence-corrected chi connectivity index (χ0v) is 7.27. The van der Waals surface area contributed by atoms with Crippen LogP contribution in [0, 0.1) is 0 Å². The summed E-state index contributed by atoms with van der Waals surface area (Å²) in [6.07, 6.45) is 0.0508. The Morgan fingerprint density at radius 1 is 1.36 bits per heavy atom. The van der Waals surface area contributed by atoms with Crippen molar-refractivity contribution < 1.29 is 15.0 Å². The molecule has 1 heterocycles. The van der Waals surface area contributed by atoms with E-state index in [-0.39, 0.29) is 0 Å². The van der Waals surface area contributed by atoms with Crippen LogP contribution in [0.3, 0.4) is 0 Å². The number of aromatic nitrogens is 1. The van der Waals surface area contributed by atoms with E-state index in [9.17, 15) is 9.90 Å². The Labute approximate surface area is 79.8 Å². The minimum Gasteiger partial charge on any atom is -0.479 e. The van der Waals surface area contributed by atoms with E-state index in [0.717, 1.165) is 10.9 Å². The van der Waals surface area contributed by atoms with Crippen LogP contribution in [-0.4, -0.2) is 21.2 Å². The standard InChI is InChI=1S/C10H9NO3/c12-9(10(13)14)7-5-11-8-4-2-1-3-6(7)8/h1-5,9,11-12H,(H,13,14)/t9-/m0/s1. The predicted octanol–water partition coefficient (Wildman–Crippen LogP) is 1.29. The Bertz CT molecular complexity index is 475. The van der Waals surface area contributed by atoms with E-state index in [2.05, 4.69) is 4.98 Å². The van der Waals surface area contributed by atoms with Gasteiger partial charge in [0.05, 0.1) is 0 Å². The van der Waals surface area contributed by atoms with Crippen molar-refractivity contribution in [3.63, 3.8) is 0 Å². The van der Waals surface area contributed by atoms with E-state index in [0.29, 0.717) is 5.56 Å². The molecule has 3 N–H and O–H groups in total. The Morgan fingerprint density at radius 3 is 2.79 bits per heavy atom. The smallest absolute Gasteiger partial charge is 0.337 e. The van der Waals surface area contributed by atoms with Crippen molar-refractivity contribution >= 4 is 16.9 Å². The zero-order chi connectivity index (χ0) is 10.1. The average molecular weight is 191 g/mol. The summed E-state index contributed by atoms with van der Waals surface area (Å²) in [7, 11) is 0. The fraction of sp³-hybridized carbons (Fsp3) is 0.100. The number of aliphatic carboxylic acids is 1. The molecule has 0 saturated carbocycles. The lowest BCUT2D eigenvalue weighted by Gasteiger charge is -2.02. The number of benzene rings is 1. The summed E-state index contributed by atoms with van der Waals surface area (Å²) in [6.45, 7) is 0. The second-order valence-corrected chi connectivity index (χ2v) is 3.03. The monoisotopic (exact) mass is 191 g/mol. The van der Waals surface area contributed by atoms with Crippen LogP contribution in [0.5, 0.6) is 0 Å². The number of carboxylic acid groups (broad SMARTS) is 1. The van der Waals surface area contributed by atoms with Crippen molar-refractivity contribution in [2.75, 3.05) is 0 Å². The van der Waals surface area contributed by atoms with E-state index >= 15 is 0 Å². The molecule has 0 bridgehead atoms. The fourth-order valence-corrected chi connectivity index (χ4v) is 1.45. The first-order valence-corrected chi connectivity index (χ1v) is 4.17. The third-order valence-corrected chi connectivity index (χ3v) is 2.15. The lowest BCUT2D eigenvalue weighted by molar-refractivity contribution is -0.146. The molecule has 2 aromatic rings. The third kappa shape index (κ3) is 1.25. The maximum atomic E-state index is 10.6. The topological polar surface area (TPSA) is 73.3 Å². The highest BCUT2D eigenvalue weighted by Gasteiger charge is 2.19. The Kier molecular flexibility index (Phi) is 1.98. The van der Waals surface area contributed by atoms with Crippen molar-refractivity contribution in [1.29, 1.82) is 0 Å². The minimum absolute atomic E-state index is 0.396. The van der Waals surface area contributed by atoms with Crippen LogP contribution in [0.25, 0.3) is 10.9 Å². The molecule has 72 valence electrons. The van der Waals surface area contributed by atoms with E-state index in [1.165, 1.54) is 6.20 Å². The summed E-state index contributed by atoms with van der Waals surface area (Å²) < 4.78 is 0. The summed E-state index contributed by atoms with van der Waals surface area (Å²) in [6, 6.07) is 7.24. The van der Waals surface area contributed by atoms with Gasteiger partial charge in [0.25, 0.3) is 0 Å². The maximum Gasteiger partial charge on any atom is 0.337 e. The molecule has 0 aliphatic carbocycles. The van der Waals surface area contributed by atoms with Gasteiger partial charge in [-0.25, -0.2) is 4.79 Å². The third-order valence-electron chi connectivity index (χ3n) is 2.15. The molecule has 0 radical (unpaired) electrons. The minimum atomic E-state index is -1.47. The second kappa shape index (κ2) is 3.16. The predicted molar refractivity (Wildman–Crippen MR) is 50.9 cm³/mol. The summed E-state index contributed by atoms with van der Waals surface area (Å²) in [5.41, 5.74) is 1.22. The van der Waals surface area contributed by atoms with Crippen molar-refractivity contribution in [3.05, 3.63) is 36.0 Å². The van der Waals surface area contributed by atoms with Crippen LogP contribution < -0.4 is 0 Å². The van der Waals surface area contributed by atoms with Crippen molar-refractivity contribution in [2.24, 2.45) is 0 Å². The van der Waals surface area contributed by atoms with Gasteiger partial charge >= 0.3 is 5.97 Å².